The van der Waals surface area contributed by atoms with Crippen molar-refractivity contribution in [3.8, 4) is 11.6 Å². The van der Waals surface area contributed by atoms with Gasteiger partial charge in [-0.1, -0.05) is 37.6 Å². The molecule has 0 bridgehead atoms. The van der Waals surface area contributed by atoms with E-state index < -0.39 is 73.8 Å². The van der Waals surface area contributed by atoms with Crippen molar-refractivity contribution >= 4 is 56.2 Å². The average Bonchev–Trinajstić information content (AvgIpc) is 3.99. The average molecular weight is 816 g/mol. The highest BCUT2D eigenvalue weighted by atomic mass is 35.5. The number of sulfonamides is 1. The Kier molecular flexibility index (Phi) is 11.6. The number of alkyl carbamates (subject to hydrolysis) is 1. The normalized spacial score (nSPS) is 29.8. The van der Waals surface area contributed by atoms with Gasteiger partial charge in [-0.2, -0.15) is 0 Å². The van der Waals surface area contributed by atoms with Crippen LogP contribution in [-0.2, 0) is 29.1 Å². The number of allylic oxidation sites excluding steroid dienone is 1. The molecule has 0 radical (unpaired) electrons. The Balaban J connectivity index is 1.36. The number of amides is 4. The molecule has 2 aliphatic carbocycles. The van der Waals surface area contributed by atoms with Crippen LogP contribution in [0.1, 0.15) is 93.4 Å². The van der Waals surface area contributed by atoms with E-state index in [1.165, 1.54) is 4.90 Å². The zero-order valence-corrected chi connectivity index (χ0v) is 34.7. The summed E-state index contributed by atoms with van der Waals surface area (Å²) in [6.07, 6.45) is 6.90. The summed E-state index contributed by atoms with van der Waals surface area (Å²) in [4.78, 5) is 62.4. The van der Waals surface area contributed by atoms with Crippen molar-refractivity contribution in [2.45, 2.75) is 127 Å². The van der Waals surface area contributed by atoms with Gasteiger partial charge in [-0.3, -0.25) is 19.1 Å². The minimum absolute atomic E-state index is 0.00698. The number of hydrogen-bond donors (Lipinski definition) is 3. The van der Waals surface area contributed by atoms with Crippen LogP contribution in [0.5, 0.6) is 11.6 Å². The van der Waals surface area contributed by atoms with Crippen LogP contribution >= 0.6 is 11.6 Å². The second-order valence-electron chi connectivity index (χ2n) is 17.1. The highest BCUT2D eigenvalue weighted by molar-refractivity contribution is 7.91. The third-order valence-electron chi connectivity index (χ3n) is 11.3. The summed E-state index contributed by atoms with van der Waals surface area (Å²) in [5.41, 5.74) is -2.38. The van der Waals surface area contributed by atoms with Crippen molar-refractivity contribution < 1.29 is 41.8 Å². The number of fused-ring (bicyclic) bond motifs is 3. The molecular weight excluding hydrogens is 762 g/mol. The standard InChI is InChI=1S/C40H54ClN5O9S/c1-8-53-31-21-42-34(29-18-26(41)13-14-28(29)31)54-27-19-30-33(47)44-40(36(49)45-56(51,52)39(7)15-16-39)20-25(40)12-10-9-11-23(2)17-24(3)32(35(48)46(30)22-27)43-37(50)55-38(4,5)6/h10,12-14,18,21,23-25,27,30,32H,8-9,11,15-17,19-20,22H2,1-7H3,(H,43,50)(H,44,47)(H,45,49)/b12-10-/t23-,24-,25-,27-,30+,32+,40-/m1/s1. The molecule has 3 heterocycles. The molecule has 3 N–H and O–H groups in total. The molecule has 56 heavy (non-hydrogen) atoms. The topological polar surface area (TPSA) is 182 Å². The molecule has 1 aromatic carbocycles. The molecule has 6 rings (SSSR count). The SMILES string of the molecule is CCOc1cnc(O[C@@H]2C[C@H]3C(=O)N[C@]4(C(=O)NS(=O)(=O)C5(C)CC5)C[C@H]4/C=C\CC[C@@H](C)C[C@@H](C)[C@H](NC(=O)OC(C)(C)C)C(=O)N3C2)c2cc(Cl)ccc12. The maximum atomic E-state index is 14.8. The number of benzene rings is 1. The van der Waals surface area contributed by atoms with Crippen LogP contribution in [0, 0.1) is 17.8 Å². The Morgan fingerprint density at radius 3 is 2.54 bits per heavy atom. The molecule has 0 spiro atoms. The van der Waals surface area contributed by atoms with E-state index in [0.717, 1.165) is 6.42 Å². The maximum absolute atomic E-state index is 14.8. The smallest absolute Gasteiger partial charge is 0.408 e. The first-order valence-corrected chi connectivity index (χ1v) is 21.3. The second kappa shape index (κ2) is 15.7. The first-order chi connectivity index (χ1) is 26.3. The predicted octanol–water partition coefficient (Wildman–Crippen LogP) is 5.41. The summed E-state index contributed by atoms with van der Waals surface area (Å²) in [5, 5.41) is 7.43. The molecular formula is C40H54ClN5O9S. The van der Waals surface area contributed by atoms with Gasteiger partial charge in [0.25, 0.3) is 5.91 Å². The van der Waals surface area contributed by atoms with Gasteiger partial charge in [-0.05, 0) is 103 Å². The van der Waals surface area contributed by atoms with Crippen LogP contribution in [0.15, 0.2) is 36.5 Å². The molecule has 306 valence electrons. The van der Waals surface area contributed by atoms with Crippen molar-refractivity contribution in [2.24, 2.45) is 17.8 Å². The summed E-state index contributed by atoms with van der Waals surface area (Å²) in [5.74, 6) is -1.90. The van der Waals surface area contributed by atoms with Gasteiger partial charge >= 0.3 is 6.09 Å². The zero-order valence-electron chi connectivity index (χ0n) is 33.1. The van der Waals surface area contributed by atoms with E-state index in [9.17, 15) is 27.6 Å². The number of nitrogens with one attached hydrogen (secondary N) is 3. The molecule has 0 unspecified atom stereocenters. The van der Waals surface area contributed by atoms with E-state index in [0.29, 0.717) is 53.8 Å². The lowest BCUT2D eigenvalue weighted by molar-refractivity contribution is -0.142. The van der Waals surface area contributed by atoms with Crippen LogP contribution < -0.4 is 24.8 Å². The maximum Gasteiger partial charge on any atom is 0.408 e. The van der Waals surface area contributed by atoms with Gasteiger partial charge in [0.1, 0.15) is 35.1 Å². The van der Waals surface area contributed by atoms with E-state index in [4.69, 9.17) is 25.8 Å². The van der Waals surface area contributed by atoms with Crippen molar-refractivity contribution in [1.82, 2.24) is 25.2 Å². The van der Waals surface area contributed by atoms with Crippen molar-refractivity contribution in [3.63, 3.8) is 0 Å². The van der Waals surface area contributed by atoms with E-state index in [2.05, 4.69) is 27.3 Å². The van der Waals surface area contributed by atoms with Crippen LogP contribution in [0.25, 0.3) is 10.8 Å². The van der Waals surface area contributed by atoms with Crippen molar-refractivity contribution in [3.05, 3.63) is 41.6 Å². The van der Waals surface area contributed by atoms with Crippen LogP contribution in [0.4, 0.5) is 4.79 Å². The molecule has 1 aromatic heterocycles. The first kappa shape index (κ1) is 41.5. The number of carbonyl (C=O) groups excluding carboxylic acids is 4. The van der Waals surface area contributed by atoms with Gasteiger partial charge in [0, 0.05) is 28.1 Å². The molecule has 4 amide bonds. The Morgan fingerprint density at radius 2 is 1.86 bits per heavy atom. The van der Waals surface area contributed by atoms with Crippen LogP contribution in [0.3, 0.4) is 0 Å². The molecule has 3 fully saturated rings. The molecule has 16 heteroatoms. The molecule has 2 aromatic rings. The molecule has 2 saturated carbocycles. The second-order valence-corrected chi connectivity index (χ2v) is 19.8. The van der Waals surface area contributed by atoms with Crippen molar-refractivity contribution in [1.29, 1.82) is 0 Å². The largest absolute Gasteiger partial charge is 0.492 e. The van der Waals surface area contributed by atoms with Gasteiger partial charge in [0.15, 0.2) is 0 Å². The van der Waals surface area contributed by atoms with E-state index >= 15 is 0 Å². The number of carbonyl (C=O) groups is 4. The summed E-state index contributed by atoms with van der Waals surface area (Å²) in [6.45, 7) is 12.9. The van der Waals surface area contributed by atoms with Gasteiger partial charge < -0.3 is 29.7 Å². The van der Waals surface area contributed by atoms with E-state index in [1.807, 2.05) is 26.0 Å². The highest BCUT2D eigenvalue weighted by Gasteiger charge is 2.63. The number of pyridine rings is 1. The lowest BCUT2D eigenvalue weighted by Gasteiger charge is -2.33. The number of hydrogen-bond acceptors (Lipinski definition) is 10. The lowest BCUT2D eigenvalue weighted by Crippen LogP contribution is -2.59. The highest BCUT2D eigenvalue weighted by Crippen LogP contribution is 2.48. The predicted molar refractivity (Wildman–Crippen MR) is 211 cm³/mol. The molecule has 1 saturated heterocycles. The summed E-state index contributed by atoms with van der Waals surface area (Å²) >= 11 is 6.40. The fourth-order valence-corrected chi connectivity index (χ4v) is 9.20. The van der Waals surface area contributed by atoms with Crippen LogP contribution in [0.2, 0.25) is 5.02 Å². The Bertz CT molecular complexity index is 2020. The summed E-state index contributed by atoms with van der Waals surface area (Å²) in [7, 11) is -4.01. The number of halogens is 1. The number of rotatable bonds is 8. The number of nitrogens with zero attached hydrogens (tertiary/aromatic N) is 2. The van der Waals surface area contributed by atoms with Gasteiger partial charge in [-0.25, -0.2) is 18.2 Å². The Morgan fingerprint density at radius 1 is 1.12 bits per heavy atom. The number of ether oxygens (including phenoxy) is 3. The lowest BCUT2D eigenvalue weighted by atomic mass is 9.88. The monoisotopic (exact) mass is 815 g/mol. The third-order valence-corrected chi connectivity index (χ3v) is 13.7. The number of aromatic nitrogens is 1. The van der Waals surface area contributed by atoms with E-state index in [-0.39, 0.29) is 37.1 Å². The fraction of sp³-hybridized carbons (Fsp3) is 0.625. The first-order valence-electron chi connectivity index (χ1n) is 19.5. The fourth-order valence-electron chi connectivity index (χ4n) is 7.72. The molecule has 7 atom stereocenters. The zero-order chi connectivity index (χ0) is 40.8. The van der Waals surface area contributed by atoms with Gasteiger partial charge in [0.2, 0.25) is 27.7 Å². The Hall–Kier alpha value is -4.11. The summed E-state index contributed by atoms with van der Waals surface area (Å²) < 4.78 is 45.5. The van der Waals surface area contributed by atoms with Crippen LogP contribution in [-0.4, -0.2) is 89.3 Å². The molecule has 2 aliphatic heterocycles. The van der Waals surface area contributed by atoms with E-state index in [1.54, 1.807) is 52.1 Å². The molecule has 4 aliphatic rings. The van der Waals surface area contributed by atoms with Crippen molar-refractivity contribution in [2.75, 3.05) is 13.2 Å². The molecule has 14 nitrogen and oxygen atoms in total. The Labute approximate surface area is 333 Å². The van der Waals surface area contributed by atoms with Gasteiger partial charge in [0.05, 0.1) is 24.1 Å². The minimum Gasteiger partial charge on any atom is -0.492 e. The van der Waals surface area contributed by atoms with Gasteiger partial charge in [-0.15, -0.1) is 0 Å². The quantitative estimate of drug-likeness (QED) is 0.291. The summed E-state index contributed by atoms with van der Waals surface area (Å²) in [6, 6.07) is 3.01. The minimum atomic E-state index is -4.01. The third kappa shape index (κ3) is 8.88.